The van der Waals surface area contributed by atoms with Gasteiger partial charge in [-0.3, -0.25) is 19.8 Å². The summed E-state index contributed by atoms with van der Waals surface area (Å²) in [6.07, 6.45) is -2.04. The van der Waals surface area contributed by atoms with Crippen molar-refractivity contribution in [2.24, 2.45) is 0 Å². The molecule has 218 valence electrons. The molecule has 3 aliphatic rings. The Kier molecular flexibility index (Phi) is 7.39. The number of carboxylic acids is 1. The van der Waals surface area contributed by atoms with Gasteiger partial charge in [-0.15, -0.1) is 0 Å². The summed E-state index contributed by atoms with van der Waals surface area (Å²) < 4.78 is 9.93. The van der Waals surface area contributed by atoms with E-state index in [1.807, 2.05) is 48.5 Å². The van der Waals surface area contributed by atoms with E-state index in [1.54, 1.807) is 20.8 Å². The van der Waals surface area contributed by atoms with Crippen LogP contribution in [-0.4, -0.2) is 82.0 Å². The molecule has 2 aliphatic heterocycles. The standard InChI is InChI=1S/C30H35N3O8/c1-29(2,3)41-27(37)16-30-18-32(12-13-33(30,39)19(14-25(30)34)15-26(35)36)31-28(38)40-17-24-22-10-6-4-8-20(22)21-9-5-7-11-23(21)24/h4-11,19,24H,12-18H2,1-3H3,(H,31,38)(H,35,36)/t19-,30-,33?/m0/s1. The molecule has 2 saturated heterocycles. The Morgan fingerprint density at radius 1 is 1.10 bits per heavy atom. The summed E-state index contributed by atoms with van der Waals surface area (Å²) >= 11 is 0. The molecule has 11 nitrogen and oxygen atoms in total. The fraction of sp³-hybridized carbons (Fsp3) is 0.467. The summed E-state index contributed by atoms with van der Waals surface area (Å²) in [4.78, 5) is 50.8. The first-order chi connectivity index (χ1) is 19.3. The van der Waals surface area contributed by atoms with Crippen molar-refractivity contribution < 1.29 is 38.4 Å². The number of carbonyl (C=O) groups excluding carboxylic acids is 3. The number of hydrazine groups is 1. The SMILES string of the molecule is CC(C)(C)OC(=O)C[C@@]12CN(NC(=O)OCC3c4ccccc4-c4ccccc43)CC[N+]1([O-])[C@H](CC(=O)O)CC2=O. The highest BCUT2D eigenvalue weighted by Gasteiger charge is 2.65. The number of piperazine rings is 1. The maximum Gasteiger partial charge on any atom is 0.421 e. The van der Waals surface area contributed by atoms with E-state index in [4.69, 9.17) is 9.47 Å². The van der Waals surface area contributed by atoms with Gasteiger partial charge < -0.3 is 24.4 Å². The van der Waals surface area contributed by atoms with Crippen LogP contribution in [0.2, 0.25) is 0 Å². The van der Waals surface area contributed by atoms with Crippen LogP contribution in [0.5, 0.6) is 0 Å². The van der Waals surface area contributed by atoms with Crippen molar-refractivity contribution in [3.05, 3.63) is 64.9 Å². The molecule has 2 heterocycles. The van der Waals surface area contributed by atoms with Gasteiger partial charge in [-0.25, -0.2) is 9.80 Å². The Hall–Kier alpha value is -3.80. The second kappa shape index (κ2) is 10.6. The topological polar surface area (TPSA) is 145 Å². The number of rotatable bonds is 7. The largest absolute Gasteiger partial charge is 0.632 e. The first-order valence-corrected chi connectivity index (χ1v) is 13.8. The molecule has 11 heteroatoms. The third-order valence-electron chi connectivity index (χ3n) is 8.27. The summed E-state index contributed by atoms with van der Waals surface area (Å²) in [7, 11) is 0. The van der Waals surface area contributed by atoms with Gasteiger partial charge in [0.05, 0.1) is 32.5 Å². The van der Waals surface area contributed by atoms with Crippen LogP contribution in [-0.2, 0) is 23.9 Å². The number of amides is 1. The van der Waals surface area contributed by atoms with Crippen LogP contribution in [0.3, 0.4) is 0 Å². The van der Waals surface area contributed by atoms with Gasteiger partial charge in [0, 0.05) is 5.92 Å². The van der Waals surface area contributed by atoms with Gasteiger partial charge in [0.15, 0.2) is 5.54 Å². The van der Waals surface area contributed by atoms with Gasteiger partial charge in [-0.1, -0.05) is 48.5 Å². The van der Waals surface area contributed by atoms with E-state index in [0.717, 1.165) is 22.3 Å². The summed E-state index contributed by atoms with van der Waals surface area (Å²) in [6, 6.07) is 14.9. The average Bonchev–Trinajstić information content (AvgIpc) is 3.31. The van der Waals surface area contributed by atoms with Crippen molar-refractivity contribution in [1.29, 1.82) is 0 Å². The fourth-order valence-electron chi connectivity index (χ4n) is 6.56. The van der Waals surface area contributed by atoms with Crippen molar-refractivity contribution in [2.75, 3.05) is 26.2 Å². The number of carbonyl (C=O) groups is 4. The molecular weight excluding hydrogens is 530 g/mol. The molecule has 2 fully saturated rings. The van der Waals surface area contributed by atoms with Crippen molar-refractivity contribution in [3.63, 3.8) is 0 Å². The number of Topliss-reactive ketones (excluding diaryl/α,β-unsaturated/α-hetero) is 1. The van der Waals surface area contributed by atoms with Crippen LogP contribution in [0.1, 0.15) is 57.1 Å². The van der Waals surface area contributed by atoms with Crippen LogP contribution in [0.15, 0.2) is 48.5 Å². The number of aliphatic carboxylic acids is 1. The highest BCUT2D eigenvalue weighted by Crippen LogP contribution is 2.46. The van der Waals surface area contributed by atoms with Gasteiger partial charge in [0.1, 0.15) is 24.7 Å². The number of carboxylic acid groups (broad SMARTS) is 1. The number of ketones is 1. The molecule has 2 aromatic rings. The van der Waals surface area contributed by atoms with E-state index in [2.05, 4.69) is 5.43 Å². The Labute approximate surface area is 238 Å². The van der Waals surface area contributed by atoms with Gasteiger partial charge in [-0.05, 0) is 43.0 Å². The van der Waals surface area contributed by atoms with Gasteiger partial charge in [-0.2, -0.15) is 0 Å². The highest BCUT2D eigenvalue weighted by atomic mass is 16.6. The number of esters is 1. The van der Waals surface area contributed by atoms with E-state index in [-0.39, 0.29) is 38.6 Å². The first-order valence-electron chi connectivity index (χ1n) is 13.8. The number of fused-ring (bicyclic) bond motifs is 4. The van der Waals surface area contributed by atoms with Crippen LogP contribution in [0.25, 0.3) is 11.1 Å². The van der Waals surface area contributed by atoms with Crippen molar-refractivity contribution in [1.82, 2.24) is 10.4 Å². The first kappa shape index (κ1) is 28.7. The van der Waals surface area contributed by atoms with Crippen LogP contribution >= 0.6 is 0 Å². The molecule has 1 aliphatic carbocycles. The lowest BCUT2D eigenvalue weighted by molar-refractivity contribution is -0.939. The molecule has 2 N–H and O–H groups in total. The molecule has 0 radical (unpaired) electrons. The number of benzene rings is 2. The molecular formula is C30H35N3O8. The second-order valence-corrected chi connectivity index (χ2v) is 12.1. The minimum absolute atomic E-state index is 0.0488. The average molecular weight is 566 g/mol. The monoisotopic (exact) mass is 565 g/mol. The minimum Gasteiger partial charge on any atom is -0.632 e. The summed E-state index contributed by atoms with van der Waals surface area (Å²) in [5.41, 5.74) is 4.30. The number of ether oxygens (including phenoxy) is 2. The Bertz CT molecular complexity index is 1340. The van der Waals surface area contributed by atoms with Crippen molar-refractivity contribution >= 4 is 23.8 Å². The second-order valence-electron chi connectivity index (χ2n) is 12.1. The number of quaternary nitrogens is 1. The lowest BCUT2D eigenvalue weighted by Crippen LogP contribution is -2.74. The fourth-order valence-corrected chi connectivity index (χ4v) is 6.56. The molecule has 3 atom stereocenters. The Morgan fingerprint density at radius 2 is 1.71 bits per heavy atom. The lowest BCUT2D eigenvalue weighted by atomic mass is 9.88. The highest BCUT2D eigenvalue weighted by molar-refractivity contribution is 5.94. The quantitative estimate of drug-likeness (QED) is 0.293. The number of hydrogen-bond acceptors (Lipinski definition) is 8. The van der Waals surface area contributed by atoms with E-state index in [1.165, 1.54) is 5.01 Å². The minimum atomic E-state index is -1.81. The third kappa shape index (κ3) is 5.32. The zero-order chi connectivity index (χ0) is 29.6. The zero-order valence-electron chi connectivity index (χ0n) is 23.4. The van der Waals surface area contributed by atoms with Crippen molar-refractivity contribution in [2.45, 2.75) is 63.1 Å². The summed E-state index contributed by atoms with van der Waals surface area (Å²) in [5, 5.41) is 25.0. The smallest absolute Gasteiger partial charge is 0.421 e. The molecule has 5 rings (SSSR count). The van der Waals surface area contributed by atoms with Crippen LogP contribution < -0.4 is 5.43 Å². The zero-order valence-corrected chi connectivity index (χ0v) is 23.4. The molecule has 1 amide bonds. The van der Waals surface area contributed by atoms with Crippen LogP contribution in [0, 0.1) is 5.21 Å². The lowest BCUT2D eigenvalue weighted by Gasteiger charge is -2.58. The van der Waals surface area contributed by atoms with E-state index in [9.17, 15) is 29.5 Å². The molecule has 0 aromatic heterocycles. The molecule has 0 bridgehead atoms. The third-order valence-corrected chi connectivity index (χ3v) is 8.27. The molecule has 41 heavy (non-hydrogen) atoms. The van der Waals surface area contributed by atoms with Gasteiger partial charge in [0.2, 0.25) is 5.78 Å². The van der Waals surface area contributed by atoms with Gasteiger partial charge in [0.25, 0.3) is 0 Å². The van der Waals surface area contributed by atoms with Crippen molar-refractivity contribution in [3.8, 4) is 11.1 Å². The van der Waals surface area contributed by atoms with E-state index >= 15 is 0 Å². The van der Waals surface area contributed by atoms with Gasteiger partial charge >= 0.3 is 18.0 Å². The van der Waals surface area contributed by atoms with E-state index < -0.39 is 58.5 Å². The molecule has 0 spiro atoms. The Balaban J connectivity index is 1.31. The molecule has 0 saturated carbocycles. The maximum atomic E-state index is 14.2. The number of nitrogens with zero attached hydrogens (tertiary/aromatic N) is 2. The van der Waals surface area contributed by atoms with Crippen LogP contribution in [0.4, 0.5) is 4.79 Å². The number of hydrogen-bond donors (Lipinski definition) is 2. The molecule has 1 unspecified atom stereocenters. The summed E-state index contributed by atoms with van der Waals surface area (Å²) in [6.45, 7) is 4.71. The normalized spacial score (nSPS) is 25.7. The predicted molar refractivity (Wildman–Crippen MR) is 147 cm³/mol. The maximum absolute atomic E-state index is 14.2. The molecule has 2 aromatic carbocycles. The number of nitrogens with one attached hydrogen (secondary N) is 1. The summed E-state index contributed by atoms with van der Waals surface area (Å²) in [5.74, 6) is -2.58. The van der Waals surface area contributed by atoms with E-state index in [0.29, 0.717) is 0 Å². The predicted octanol–water partition coefficient (Wildman–Crippen LogP) is 3.36. The number of hydroxylamine groups is 3. The Morgan fingerprint density at radius 3 is 2.29 bits per heavy atom.